The third-order valence-corrected chi connectivity index (χ3v) is 6.16. The van der Waals surface area contributed by atoms with Gasteiger partial charge in [0.05, 0.1) is 16.6 Å². The van der Waals surface area contributed by atoms with Gasteiger partial charge in [0.25, 0.3) is 0 Å². The van der Waals surface area contributed by atoms with Gasteiger partial charge in [-0.25, -0.2) is 9.97 Å². The summed E-state index contributed by atoms with van der Waals surface area (Å²) in [7, 11) is 0. The van der Waals surface area contributed by atoms with Crippen molar-refractivity contribution in [1.29, 1.82) is 0 Å². The summed E-state index contributed by atoms with van der Waals surface area (Å²) in [6.45, 7) is 0. The molecule has 0 fully saturated rings. The van der Waals surface area contributed by atoms with Crippen LogP contribution in [0.1, 0.15) is 0 Å². The average Bonchev–Trinajstić information content (AvgIpc) is 3.40. The number of nitrogens with one attached hydrogen (secondary N) is 1. The fourth-order valence-corrected chi connectivity index (χ4v) is 4.65. The molecule has 6 heteroatoms. The van der Waals surface area contributed by atoms with Crippen LogP contribution in [0.5, 0.6) is 0 Å². The number of hydrogen-bond donors (Lipinski definition) is 1. The van der Waals surface area contributed by atoms with E-state index in [1.54, 1.807) is 22.7 Å². The highest BCUT2D eigenvalue weighted by Gasteiger charge is 2.13. The quantitative estimate of drug-likeness (QED) is 0.398. The highest BCUT2D eigenvalue weighted by Crippen LogP contribution is 2.36. The zero-order valence-electron chi connectivity index (χ0n) is 14.2. The van der Waals surface area contributed by atoms with Crippen molar-refractivity contribution < 1.29 is 0 Å². The monoisotopic (exact) mass is 386 g/mol. The molecule has 0 spiro atoms. The molecule has 0 saturated carbocycles. The van der Waals surface area contributed by atoms with E-state index in [4.69, 9.17) is 4.98 Å². The van der Waals surface area contributed by atoms with Gasteiger partial charge in [-0.1, -0.05) is 36.4 Å². The fraction of sp³-hybridized carbons (Fsp3) is 0. The molecular formula is C21H14N4S2. The molecule has 0 aliphatic rings. The van der Waals surface area contributed by atoms with Crippen molar-refractivity contribution in [3.63, 3.8) is 0 Å². The second kappa shape index (κ2) is 6.90. The Morgan fingerprint density at radius 2 is 1.81 bits per heavy atom. The van der Waals surface area contributed by atoms with Gasteiger partial charge in [-0.2, -0.15) is 0 Å². The third-order valence-electron chi connectivity index (χ3n) is 4.19. The minimum Gasteiger partial charge on any atom is -0.337 e. The van der Waals surface area contributed by atoms with Crippen LogP contribution in [0.3, 0.4) is 0 Å². The summed E-state index contributed by atoms with van der Waals surface area (Å²) in [5, 5.41) is 6.51. The number of aromatic nitrogens is 3. The average molecular weight is 387 g/mol. The first kappa shape index (κ1) is 16.1. The van der Waals surface area contributed by atoms with Crippen LogP contribution >= 0.6 is 22.7 Å². The molecule has 5 aromatic rings. The van der Waals surface area contributed by atoms with E-state index in [2.05, 4.69) is 44.9 Å². The van der Waals surface area contributed by atoms with Crippen molar-refractivity contribution in [1.82, 2.24) is 15.0 Å². The van der Waals surface area contributed by atoms with Crippen molar-refractivity contribution in [2.45, 2.75) is 0 Å². The molecule has 0 unspecified atom stereocenters. The number of thiophene rings is 1. The van der Waals surface area contributed by atoms with Gasteiger partial charge in [-0.15, -0.1) is 22.7 Å². The van der Waals surface area contributed by atoms with Crippen molar-refractivity contribution in [3.05, 3.63) is 78.6 Å². The zero-order valence-corrected chi connectivity index (χ0v) is 15.8. The van der Waals surface area contributed by atoms with Crippen LogP contribution in [0.4, 0.5) is 11.5 Å². The molecule has 0 aliphatic carbocycles. The van der Waals surface area contributed by atoms with E-state index >= 15 is 0 Å². The molecule has 0 aliphatic heterocycles. The second-order valence-electron chi connectivity index (χ2n) is 5.91. The summed E-state index contributed by atoms with van der Waals surface area (Å²) in [4.78, 5) is 14.9. The lowest BCUT2D eigenvalue weighted by molar-refractivity contribution is 1.29. The van der Waals surface area contributed by atoms with Crippen LogP contribution in [0.2, 0.25) is 0 Å². The van der Waals surface area contributed by atoms with E-state index < -0.39 is 0 Å². The van der Waals surface area contributed by atoms with E-state index in [1.165, 1.54) is 4.88 Å². The van der Waals surface area contributed by atoms with E-state index in [1.807, 2.05) is 48.9 Å². The van der Waals surface area contributed by atoms with Crippen molar-refractivity contribution in [2.75, 3.05) is 5.32 Å². The lowest BCUT2D eigenvalue weighted by atomic mass is 10.2. The number of fused-ring (bicyclic) bond motifs is 1. The molecule has 0 bridgehead atoms. The van der Waals surface area contributed by atoms with E-state index in [9.17, 15) is 0 Å². The number of nitrogens with zero attached hydrogens (tertiary/aromatic N) is 3. The minimum absolute atomic E-state index is 0.747. The molecule has 1 N–H and O–H groups in total. The largest absolute Gasteiger partial charge is 0.337 e. The molecule has 0 atom stereocenters. The summed E-state index contributed by atoms with van der Waals surface area (Å²) in [5.41, 5.74) is 4.03. The van der Waals surface area contributed by atoms with Crippen LogP contribution in [0, 0.1) is 0 Å². The van der Waals surface area contributed by atoms with E-state index in [-0.39, 0.29) is 0 Å². The van der Waals surface area contributed by atoms with Gasteiger partial charge < -0.3 is 5.32 Å². The molecule has 0 amide bonds. The SMILES string of the molecule is c1ccc(-c2nc3c(Nc4cnccc4-c4cccs4)nccc3s2)cc1. The van der Waals surface area contributed by atoms with E-state index in [0.717, 1.165) is 37.9 Å². The highest BCUT2D eigenvalue weighted by molar-refractivity contribution is 7.21. The van der Waals surface area contributed by atoms with Crippen LogP contribution in [-0.2, 0) is 0 Å². The number of thiazole rings is 1. The van der Waals surface area contributed by atoms with Crippen molar-refractivity contribution in [2.24, 2.45) is 0 Å². The Morgan fingerprint density at radius 3 is 2.67 bits per heavy atom. The Morgan fingerprint density at radius 1 is 0.889 bits per heavy atom. The van der Waals surface area contributed by atoms with Gasteiger partial charge in [-0.3, -0.25) is 4.98 Å². The maximum atomic E-state index is 4.85. The summed E-state index contributed by atoms with van der Waals surface area (Å²) in [6.07, 6.45) is 5.46. The molecule has 0 radical (unpaired) electrons. The van der Waals surface area contributed by atoms with Crippen molar-refractivity contribution in [3.8, 4) is 21.0 Å². The Balaban J connectivity index is 1.58. The zero-order chi connectivity index (χ0) is 18.1. The first-order chi connectivity index (χ1) is 13.4. The van der Waals surface area contributed by atoms with Gasteiger partial charge in [0.15, 0.2) is 5.82 Å². The minimum atomic E-state index is 0.747. The Hall–Kier alpha value is -3.09. The van der Waals surface area contributed by atoms with Crippen molar-refractivity contribution >= 4 is 44.4 Å². The number of pyridine rings is 2. The molecule has 130 valence electrons. The molecule has 4 nitrogen and oxygen atoms in total. The molecule has 1 aromatic carbocycles. The molecule has 27 heavy (non-hydrogen) atoms. The van der Waals surface area contributed by atoms with E-state index in [0.29, 0.717) is 0 Å². The molecule has 5 rings (SSSR count). The summed E-state index contributed by atoms with van der Waals surface area (Å²) < 4.78 is 1.10. The summed E-state index contributed by atoms with van der Waals surface area (Å²) in [6, 6.07) is 18.4. The highest BCUT2D eigenvalue weighted by atomic mass is 32.1. The van der Waals surface area contributed by atoms with Crippen LogP contribution in [0.25, 0.3) is 31.2 Å². The lowest BCUT2D eigenvalue weighted by Crippen LogP contribution is -1.97. The summed E-state index contributed by atoms with van der Waals surface area (Å²) >= 11 is 3.38. The van der Waals surface area contributed by atoms with Crippen LogP contribution < -0.4 is 5.32 Å². The standard InChI is InChI=1S/C21H14N4S2/c1-2-5-14(6-3-1)21-25-19-18(27-21)9-11-23-20(19)24-16-13-22-10-8-15(16)17-7-4-12-26-17/h1-13H,(H,23,24). The fourth-order valence-electron chi connectivity index (χ4n) is 2.92. The maximum absolute atomic E-state index is 4.85. The second-order valence-corrected chi connectivity index (χ2v) is 7.89. The van der Waals surface area contributed by atoms with Gasteiger partial charge in [0, 0.05) is 28.4 Å². The number of hydrogen-bond acceptors (Lipinski definition) is 6. The molecule has 4 aromatic heterocycles. The Kier molecular flexibility index (Phi) is 4.12. The number of anilines is 2. The Bertz CT molecular complexity index is 1200. The van der Waals surface area contributed by atoms with Crippen LogP contribution in [0.15, 0.2) is 78.6 Å². The van der Waals surface area contributed by atoms with Crippen LogP contribution in [-0.4, -0.2) is 15.0 Å². The van der Waals surface area contributed by atoms with Gasteiger partial charge in [-0.05, 0) is 23.6 Å². The maximum Gasteiger partial charge on any atom is 0.157 e. The van der Waals surface area contributed by atoms with Gasteiger partial charge in [0.2, 0.25) is 0 Å². The normalized spacial score (nSPS) is 11.0. The topological polar surface area (TPSA) is 50.7 Å². The number of benzene rings is 1. The first-order valence-corrected chi connectivity index (χ1v) is 10.1. The predicted molar refractivity (Wildman–Crippen MR) is 114 cm³/mol. The lowest BCUT2D eigenvalue weighted by Gasteiger charge is -2.10. The van der Waals surface area contributed by atoms with Gasteiger partial charge in [0.1, 0.15) is 10.5 Å². The first-order valence-electron chi connectivity index (χ1n) is 8.44. The molecule has 4 heterocycles. The Labute approximate surface area is 164 Å². The number of rotatable bonds is 4. The third kappa shape index (κ3) is 3.09. The molecular weight excluding hydrogens is 372 g/mol. The molecule has 0 saturated heterocycles. The van der Waals surface area contributed by atoms with Gasteiger partial charge >= 0.3 is 0 Å². The summed E-state index contributed by atoms with van der Waals surface area (Å²) in [5.74, 6) is 0.747. The smallest absolute Gasteiger partial charge is 0.157 e. The predicted octanol–water partition coefficient (Wildman–Crippen LogP) is 6.23.